The first-order chi connectivity index (χ1) is 23.3. The number of amides is 1. The third-order valence-electron chi connectivity index (χ3n) is 9.23. The number of hydrogen-bond donors (Lipinski definition) is 5. The number of nitrogens with zero attached hydrogens (tertiary/aromatic N) is 2. The topological polar surface area (TPSA) is 171 Å². The van der Waals surface area contributed by atoms with Gasteiger partial charge >= 0.3 is 6.09 Å². The smallest absolute Gasteiger partial charge is 0.410 e. The summed E-state index contributed by atoms with van der Waals surface area (Å²) in [5, 5.41) is 55.8. The molecule has 1 amide bonds. The Morgan fingerprint density at radius 1 is 0.857 bits per heavy atom. The maximum Gasteiger partial charge on any atom is 0.410 e. The summed E-state index contributed by atoms with van der Waals surface area (Å²) in [5.41, 5.74) is 0.807. The second-order valence-corrected chi connectivity index (χ2v) is 14.3. The number of carbonyl (C=O) groups excluding carboxylic acids is 1. The minimum Gasteiger partial charge on any atom is -0.444 e. The number of likely N-dealkylation sites (tertiary alicyclic amines) is 1. The average molecular weight is 689 g/mol. The molecule has 272 valence electrons. The fourth-order valence-corrected chi connectivity index (χ4v) is 6.57. The predicted molar refractivity (Wildman–Crippen MR) is 177 cm³/mol. The molecule has 0 aromatic heterocycles. The normalized spacial score (nSPS) is 30.5. The minimum absolute atomic E-state index is 0.0203. The van der Waals surface area contributed by atoms with Crippen molar-refractivity contribution in [2.24, 2.45) is 5.92 Å². The van der Waals surface area contributed by atoms with Crippen molar-refractivity contribution in [1.82, 2.24) is 9.80 Å². The van der Waals surface area contributed by atoms with Crippen molar-refractivity contribution in [1.29, 1.82) is 0 Å². The highest BCUT2D eigenvalue weighted by Gasteiger charge is 2.43. The van der Waals surface area contributed by atoms with Gasteiger partial charge in [0, 0.05) is 43.3 Å². The molecule has 11 atom stereocenters. The lowest BCUT2D eigenvalue weighted by Crippen LogP contribution is -2.56. The summed E-state index contributed by atoms with van der Waals surface area (Å²) in [5.74, 6) is -0.485. The van der Waals surface area contributed by atoms with Crippen LogP contribution in [0.25, 0.3) is 0 Å². The van der Waals surface area contributed by atoms with Gasteiger partial charge in [-0.25, -0.2) is 4.79 Å². The van der Waals surface area contributed by atoms with E-state index in [2.05, 4.69) is 0 Å². The molecule has 3 heterocycles. The molecule has 3 aliphatic heterocycles. The summed E-state index contributed by atoms with van der Waals surface area (Å²) < 4.78 is 29.0. The summed E-state index contributed by atoms with van der Waals surface area (Å²) in [6.07, 6.45) is -9.79. The molecule has 13 nitrogen and oxygen atoms in total. The molecule has 0 bridgehead atoms. The maximum absolute atomic E-state index is 12.9. The summed E-state index contributed by atoms with van der Waals surface area (Å²) in [4.78, 5) is 16.4. The van der Waals surface area contributed by atoms with Crippen molar-refractivity contribution in [2.45, 2.75) is 101 Å². The van der Waals surface area contributed by atoms with Gasteiger partial charge in [-0.05, 0) is 33.1 Å². The highest BCUT2D eigenvalue weighted by atomic mass is 16.7. The van der Waals surface area contributed by atoms with Crippen molar-refractivity contribution in [3.63, 3.8) is 0 Å². The van der Waals surface area contributed by atoms with Gasteiger partial charge in [0.2, 0.25) is 0 Å². The van der Waals surface area contributed by atoms with Gasteiger partial charge < -0.3 is 54.1 Å². The van der Waals surface area contributed by atoms with E-state index in [-0.39, 0.29) is 32.3 Å². The Kier molecular flexibility index (Phi) is 12.7. The SMILES string of the molecule is C[C@@H](CN(C[C@H](O)[C@@H](O)[C@@H]1OC(c2ccccc2)OC[C@H]1O)[C@H]1CCN(C(=O)OC(C)(C)C)C1)[C@@H](O)[C@@H]1OC(c2ccccc2)OC[C@H]1O. The lowest BCUT2D eigenvalue weighted by atomic mass is 9.93. The van der Waals surface area contributed by atoms with E-state index in [0.29, 0.717) is 25.1 Å². The fourth-order valence-electron chi connectivity index (χ4n) is 6.57. The second-order valence-electron chi connectivity index (χ2n) is 14.3. The predicted octanol–water partition coefficient (Wildman–Crippen LogP) is 1.97. The van der Waals surface area contributed by atoms with E-state index in [1.165, 1.54) is 0 Å². The molecule has 0 saturated carbocycles. The zero-order valence-corrected chi connectivity index (χ0v) is 28.7. The molecule has 3 saturated heterocycles. The Balaban J connectivity index is 1.29. The Morgan fingerprint density at radius 3 is 1.88 bits per heavy atom. The van der Waals surface area contributed by atoms with E-state index in [9.17, 15) is 30.3 Å². The van der Waals surface area contributed by atoms with Crippen LogP contribution in [0.15, 0.2) is 60.7 Å². The van der Waals surface area contributed by atoms with Crippen LogP contribution in [0, 0.1) is 5.92 Å². The van der Waals surface area contributed by atoms with Gasteiger partial charge in [0.25, 0.3) is 0 Å². The van der Waals surface area contributed by atoms with Gasteiger partial charge in [0.05, 0.1) is 25.4 Å². The van der Waals surface area contributed by atoms with Crippen molar-refractivity contribution >= 4 is 6.09 Å². The van der Waals surface area contributed by atoms with Crippen LogP contribution in [0.5, 0.6) is 0 Å². The van der Waals surface area contributed by atoms with Crippen LogP contribution in [-0.2, 0) is 23.7 Å². The largest absolute Gasteiger partial charge is 0.444 e. The summed E-state index contributed by atoms with van der Waals surface area (Å²) in [6, 6.07) is 18.2. The van der Waals surface area contributed by atoms with Crippen LogP contribution >= 0.6 is 0 Å². The lowest BCUT2D eigenvalue weighted by Gasteiger charge is -2.41. The first kappa shape index (κ1) is 37.6. The molecule has 3 fully saturated rings. The van der Waals surface area contributed by atoms with Crippen LogP contribution in [0.1, 0.15) is 57.8 Å². The van der Waals surface area contributed by atoms with Crippen LogP contribution in [0.4, 0.5) is 4.79 Å². The Bertz CT molecular complexity index is 1240. The molecule has 2 unspecified atom stereocenters. The van der Waals surface area contributed by atoms with Crippen molar-refractivity contribution in [3.05, 3.63) is 71.8 Å². The van der Waals surface area contributed by atoms with Crippen LogP contribution in [0.2, 0.25) is 0 Å². The second kappa shape index (κ2) is 16.6. The van der Waals surface area contributed by atoms with E-state index >= 15 is 0 Å². The van der Waals surface area contributed by atoms with E-state index in [1.807, 2.05) is 72.5 Å². The maximum atomic E-state index is 12.9. The molecule has 2 aromatic carbocycles. The number of rotatable bonds is 11. The zero-order valence-electron chi connectivity index (χ0n) is 28.7. The molecule has 13 heteroatoms. The van der Waals surface area contributed by atoms with E-state index in [1.54, 1.807) is 25.7 Å². The molecular formula is C36H52N2O11. The quantitative estimate of drug-likeness (QED) is 0.233. The third kappa shape index (κ3) is 9.76. The lowest BCUT2D eigenvalue weighted by molar-refractivity contribution is -0.284. The van der Waals surface area contributed by atoms with Gasteiger partial charge in [-0.1, -0.05) is 67.6 Å². The van der Waals surface area contributed by atoms with Crippen LogP contribution in [-0.4, -0.2) is 135 Å². The Hall–Kier alpha value is -2.69. The first-order valence-electron chi connectivity index (χ1n) is 17.1. The van der Waals surface area contributed by atoms with Crippen LogP contribution < -0.4 is 0 Å². The highest BCUT2D eigenvalue weighted by molar-refractivity contribution is 5.68. The average Bonchev–Trinajstić information content (AvgIpc) is 3.59. The molecule has 0 aliphatic carbocycles. The summed E-state index contributed by atoms with van der Waals surface area (Å²) in [7, 11) is 0. The number of carbonyl (C=O) groups is 1. The van der Waals surface area contributed by atoms with Gasteiger partial charge in [-0.2, -0.15) is 0 Å². The molecule has 3 aliphatic rings. The summed E-state index contributed by atoms with van der Waals surface area (Å²) in [6.45, 7) is 8.01. The van der Waals surface area contributed by atoms with Crippen molar-refractivity contribution in [2.75, 3.05) is 39.4 Å². The molecule has 0 spiro atoms. The monoisotopic (exact) mass is 688 g/mol. The molecule has 5 N–H and O–H groups in total. The Morgan fingerprint density at radius 2 is 1.37 bits per heavy atom. The molecule has 49 heavy (non-hydrogen) atoms. The molecular weight excluding hydrogens is 636 g/mol. The molecule has 0 radical (unpaired) electrons. The number of aliphatic hydroxyl groups is 5. The van der Waals surface area contributed by atoms with E-state index in [0.717, 1.165) is 5.56 Å². The van der Waals surface area contributed by atoms with Gasteiger partial charge in [0.1, 0.15) is 36.1 Å². The van der Waals surface area contributed by atoms with Gasteiger partial charge in [-0.15, -0.1) is 0 Å². The minimum atomic E-state index is -1.48. The highest BCUT2D eigenvalue weighted by Crippen LogP contribution is 2.32. The fraction of sp³-hybridized carbons (Fsp3) is 0.639. The number of aliphatic hydroxyl groups excluding tert-OH is 5. The number of benzene rings is 2. The van der Waals surface area contributed by atoms with E-state index in [4.69, 9.17) is 23.7 Å². The zero-order chi connectivity index (χ0) is 35.3. The van der Waals surface area contributed by atoms with Crippen LogP contribution in [0.3, 0.4) is 0 Å². The van der Waals surface area contributed by atoms with Gasteiger partial charge in [0.15, 0.2) is 12.6 Å². The van der Waals surface area contributed by atoms with Crippen molar-refractivity contribution < 1.29 is 54.0 Å². The summed E-state index contributed by atoms with van der Waals surface area (Å²) >= 11 is 0. The standard InChI is InChI=1S/C36H52N2O11/c1-22(29(42)31-27(40)20-45-33(47-31)23-11-7-5-8-12-23)17-38(25-15-16-37(18-25)35(44)49-36(2,3)4)19-26(39)30(43)32-28(41)21-46-34(48-32)24-13-9-6-10-14-24/h5-14,22,25-34,39-43H,15-21H2,1-4H3/t22-,25-,26-,27+,28+,29+,30+,31+,32+,33?,34?/m0/s1. The van der Waals surface area contributed by atoms with Gasteiger partial charge in [-0.3, -0.25) is 4.90 Å². The third-order valence-corrected chi connectivity index (χ3v) is 9.23. The Labute approximate surface area is 287 Å². The molecule has 5 rings (SSSR count). The van der Waals surface area contributed by atoms with E-state index < -0.39 is 72.9 Å². The van der Waals surface area contributed by atoms with Crippen molar-refractivity contribution in [3.8, 4) is 0 Å². The first-order valence-corrected chi connectivity index (χ1v) is 17.1. The number of ether oxygens (including phenoxy) is 5. The number of hydrogen-bond acceptors (Lipinski definition) is 12. The molecule has 2 aromatic rings.